The number of hydrogen-bond acceptors (Lipinski definition) is 3. The summed E-state index contributed by atoms with van der Waals surface area (Å²) in [4.78, 5) is 14.5. The van der Waals surface area contributed by atoms with Crippen LogP contribution < -0.4 is 15.5 Å². The predicted molar refractivity (Wildman–Crippen MR) is 106 cm³/mol. The Hall–Kier alpha value is -2.74. The third-order valence-electron chi connectivity index (χ3n) is 4.62. The van der Waals surface area contributed by atoms with Gasteiger partial charge in [-0.3, -0.25) is 0 Å². The molecule has 29 heavy (non-hydrogen) atoms. The second-order valence-corrected chi connectivity index (χ2v) is 7.19. The average Bonchev–Trinajstić information content (AvgIpc) is 2.65. The molecule has 2 aromatic rings. The average molecular weight is 407 g/mol. The molecule has 2 atom stereocenters. The lowest BCUT2D eigenvalue weighted by atomic mass is 10.1. The molecule has 0 aromatic heterocycles. The van der Waals surface area contributed by atoms with Crippen LogP contribution in [-0.2, 0) is 17.5 Å². The summed E-state index contributed by atoms with van der Waals surface area (Å²) in [7, 11) is 0. The van der Waals surface area contributed by atoms with E-state index in [0.717, 1.165) is 17.8 Å². The van der Waals surface area contributed by atoms with E-state index in [1.807, 2.05) is 32.0 Å². The van der Waals surface area contributed by atoms with Gasteiger partial charge in [-0.25, -0.2) is 4.79 Å². The molecule has 5 nitrogen and oxygen atoms in total. The molecule has 0 aliphatic carbocycles. The van der Waals surface area contributed by atoms with Crippen molar-refractivity contribution in [2.45, 2.75) is 38.8 Å². The van der Waals surface area contributed by atoms with Crippen molar-refractivity contribution in [2.24, 2.45) is 0 Å². The number of halogens is 3. The topological polar surface area (TPSA) is 53.6 Å². The second kappa shape index (κ2) is 8.73. The third-order valence-corrected chi connectivity index (χ3v) is 4.62. The number of amides is 2. The van der Waals surface area contributed by atoms with Gasteiger partial charge in [0.05, 0.1) is 29.1 Å². The fraction of sp³-hybridized carbons (Fsp3) is 0.381. The minimum atomic E-state index is -4.41. The van der Waals surface area contributed by atoms with Gasteiger partial charge in [-0.1, -0.05) is 24.3 Å². The Bertz CT molecular complexity index is 847. The van der Waals surface area contributed by atoms with Gasteiger partial charge in [0.25, 0.3) is 0 Å². The molecule has 0 saturated carbocycles. The van der Waals surface area contributed by atoms with Crippen molar-refractivity contribution in [1.29, 1.82) is 0 Å². The van der Waals surface area contributed by atoms with Gasteiger partial charge in [-0.15, -0.1) is 0 Å². The van der Waals surface area contributed by atoms with E-state index in [1.54, 1.807) is 12.1 Å². The minimum Gasteiger partial charge on any atom is -0.372 e. The highest BCUT2D eigenvalue weighted by molar-refractivity contribution is 5.93. The molecule has 156 valence electrons. The number of alkyl halides is 3. The highest BCUT2D eigenvalue weighted by atomic mass is 19.4. The molecule has 8 heteroatoms. The van der Waals surface area contributed by atoms with E-state index in [4.69, 9.17) is 4.74 Å². The van der Waals surface area contributed by atoms with Gasteiger partial charge in [0.15, 0.2) is 0 Å². The summed E-state index contributed by atoms with van der Waals surface area (Å²) in [5.41, 5.74) is 1.15. The number of ether oxygens (including phenoxy) is 1. The van der Waals surface area contributed by atoms with Crippen molar-refractivity contribution >= 4 is 17.4 Å². The fourth-order valence-electron chi connectivity index (χ4n) is 3.44. The SMILES string of the molecule is CC1CN(c2ccccc2NC(=O)NCc2cccc(C(F)(F)F)c2)CC(C)O1. The van der Waals surface area contributed by atoms with E-state index in [9.17, 15) is 18.0 Å². The molecule has 0 radical (unpaired) electrons. The quantitative estimate of drug-likeness (QED) is 0.776. The van der Waals surface area contributed by atoms with E-state index >= 15 is 0 Å². The van der Waals surface area contributed by atoms with Crippen molar-refractivity contribution in [1.82, 2.24) is 5.32 Å². The van der Waals surface area contributed by atoms with Crippen LogP contribution in [0, 0.1) is 0 Å². The molecule has 2 N–H and O–H groups in total. The first-order chi connectivity index (χ1) is 13.7. The van der Waals surface area contributed by atoms with Gasteiger partial charge in [0, 0.05) is 19.6 Å². The van der Waals surface area contributed by atoms with Crippen LogP contribution in [0.5, 0.6) is 0 Å². The van der Waals surface area contributed by atoms with Gasteiger partial charge < -0.3 is 20.3 Å². The Balaban J connectivity index is 1.64. The molecule has 1 fully saturated rings. The second-order valence-electron chi connectivity index (χ2n) is 7.19. The number of rotatable bonds is 4. The van der Waals surface area contributed by atoms with Crippen molar-refractivity contribution in [2.75, 3.05) is 23.3 Å². The summed E-state index contributed by atoms with van der Waals surface area (Å²) in [6, 6.07) is 11.9. The number of carbonyl (C=O) groups excluding carboxylic acids is 1. The van der Waals surface area contributed by atoms with Gasteiger partial charge in [0.1, 0.15) is 0 Å². The van der Waals surface area contributed by atoms with Crippen LogP contribution in [0.1, 0.15) is 25.0 Å². The van der Waals surface area contributed by atoms with Crippen LogP contribution in [0.25, 0.3) is 0 Å². The van der Waals surface area contributed by atoms with E-state index in [2.05, 4.69) is 15.5 Å². The smallest absolute Gasteiger partial charge is 0.372 e. The lowest BCUT2D eigenvalue weighted by Gasteiger charge is -2.37. The first kappa shape index (κ1) is 21.0. The molecule has 0 spiro atoms. The number of nitrogens with zero attached hydrogens (tertiary/aromatic N) is 1. The maximum atomic E-state index is 12.8. The monoisotopic (exact) mass is 407 g/mol. The van der Waals surface area contributed by atoms with Gasteiger partial charge in [-0.2, -0.15) is 13.2 Å². The molecule has 1 aliphatic heterocycles. The highest BCUT2D eigenvalue weighted by Crippen LogP contribution is 2.30. The summed E-state index contributed by atoms with van der Waals surface area (Å²) in [5.74, 6) is 0. The standard InChI is InChI=1S/C21H24F3N3O2/c1-14-12-27(13-15(2)29-14)19-9-4-3-8-18(19)26-20(28)25-11-16-6-5-7-17(10-16)21(22,23)24/h3-10,14-15H,11-13H2,1-2H3,(H2,25,26,28). The minimum absolute atomic E-state index is 0.0104. The highest BCUT2D eigenvalue weighted by Gasteiger charge is 2.30. The zero-order valence-electron chi connectivity index (χ0n) is 16.3. The molecular formula is C21H24F3N3O2. The first-order valence-corrected chi connectivity index (χ1v) is 9.43. The van der Waals surface area contributed by atoms with Gasteiger partial charge in [-0.05, 0) is 43.7 Å². The maximum Gasteiger partial charge on any atom is 0.416 e. The number of para-hydroxylation sites is 2. The summed E-state index contributed by atoms with van der Waals surface area (Å²) in [6.07, 6.45) is -4.27. The van der Waals surface area contributed by atoms with E-state index in [1.165, 1.54) is 6.07 Å². The van der Waals surface area contributed by atoms with E-state index < -0.39 is 17.8 Å². The summed E-state index contributed by atoms with van der Waals surface area (Å²) in [6.45, 7) is 5.40. The van der Waals surface area contributed by atoms with E-state index in [-0.39, 0.29) is 18.8 Å². The van der Waals surface area contributed by atoms with Crippen LogP contribution in [0.2, 0.25) is 0 Å². The van der Waals surface area contributed by atoms with Crippen molar-refractivity contribution in [3.05, 3.63) is 59.7 Å². The van der Waals surface area contributed by atoms with Gasteiger partial charge in [0.2, 0.25) is 0 Å². The van der Waals surface area contributed by atoms with Crippen LogP contribution in [-0.4, -0.2) is 31.3 Å². The van der Waals surface area contributed by atoms with Crippen molar-refractivity contribution in [3.63, 3.8) is 0 Å². The van der Waals surface area contributed by atoms with Crippen LogP contribution in [0.3, 0.4) is 0 Å². The zero-order valence-corrected chi connectivity index (χ0v) is 16.3. The molecule has 1 saturated heterocycles. The molecule has 2 unspecified atom stereocenters. The number of nitrogens with one attached hydrogen (secondary N) is 2. The lowest BCUT2D eigenvalue weighted by molar-refractivity contribution is -0.137. The predicted octanol–water partition coefficient (Wildman–Crippen LogP) is 4.64. The Morgan fingerprint density at radius 1 is 1.10 bits per heavy atom. The van der Waals surface area contributed by atoms with Crippen molar-refractivity contribution < 1.29 is 22.7 Å². The summed E-state index contributed by atoms with van der Waals surface area (Å²) in [5, 5.41) is 5.41. The largest absolute Gasteiger partial charge is 0.416 e. The number of benzene rings is 2. The Morgan fingerprint density at radius 2 is 1.79 bits per heavy atom. The molecular weight excluding hydrogens is 383 g/mol. The number of carbonyl (C=O) groups is 1. The summed E-state index contributed by atoms with van der Waals surface area (Å²) >= 11 is 0. The van der Waals surface area contributed by atoms with Crippen LogP contribution in [0.4, 0.5) is 29.3 Å². The van der Waals surface area contributed by atoms with Crippen molar-refractivity contribution in [3.8, 4) is 0 Å². The Morgan fingerprint density at radius 3 is 2.48 bits per heavy atom. The molecule has 2 aromatic carbocycles. The molecule has 2 amide bonds. The molecule has 3 rings (SSSR count). The third kappa shape index (κ3) is 5.63. The Labute approximate surface area is 167 Å². The number of hydrogen-bond donors (Lipinski definition) is 2. The number of anilines is 2. The number of urea groups is 1. The summed E-state index contributed by atoms with van der Waals surface area (Å²) < 4.78 is 44.2. The van der Waals surface area contributed by atoms with Crippen LogP contribution in [0.15, 0.2) is 48.5 Å². The van der Waals surface area contributed by atoms with Gasteiger partial charge >= 0.3 is 12.2 Å². The van der Waals surface area contributed by atoms with Crippen LogP contribution >= 0.6 is 0 Å². The molecule has 0 bridgehead atoms. The maximum absolute atomic E-state index is 12.8. The van der Waals surface area contributed by atoms with E-state index in [0.29, 0.717) is 24.3 Å². The zero-order chi connectivity index (χ0) is 21.0. The normalized spacial score (nSPS) is 19.7. The molecule has 1 aliphatic rings. The Kier molecular flexibility index (Phi) is 6.32. The number of morpholine rings is 1. The fourth-order valence-corrected chi connectivity index (χ4v) is 3.44. The first-order valence-electron chi connectivity index (χ1n) is 9.43. The lowest BCUT2D eigenvalue weighted by Crippen LogP contribution is -2.45. The molecule has 1 heterocycles.